The smallest absolute Gasteiger partial charge is 0.309 e. The molecule has 27 heavy (non-hydrogen) atoms. The quantitative estimate of drug-likeness (QED) is 0.508. The van der Waals surface area contributed by atoms with Gasteiger partial charge in [-0.3, -0.25) is 9.59 Å². The Labute approximate surface area is 160 Å². The summed E-state index contributed by atoms with van der Waals surface area (Å²) in [4.78, 5) is 23.8. The van der Waals surface area contributed by atoms with E-state index in [1.807, 2.05) is 25.1 Å². The molecule has 2 aromatic carbocycles. The summed E-state index contributed by atoms with van der Waals surface area (Å²) in [5.74, 6) is -2.88. The molecule has 0 aliphatic heterocycles. The Balaban J connectivity index is 1.67. The number of amides is 1. The summed E-state index contributed by atoms with van der Waals surface area (Å²) >= 11 is 0.420. The molecule has 8 heteroatoms. The number of aryl methyl sites for hydroxylation is 1. The number of anilines is 1. The largest absolute Gasteiger partial charge is 0.493 e. The topological polar surface area (TPSA) is 64.6 Å². The standard InChI is InChI=1S/C19H19F2NO4S/c1-13-4-2-3-5-16(13)25-11-10-18(24)26-12-17(23)22-14-6-8-15(9-7-14)27-19(20)21/h2-9,19H,10-12H2,1H3,(H,22,23). The van der Waals surface area contributed by atoms with Crippen LogP contribution in [0.1, 0.15) is 12.0 Å². The van der Waals surface area contributed by atoms with Crippen LogP contribution in [0.4, 0.5) is 14.5 Å². The van der Waals surface area contributed by atoms with Gasteiger partial charge in [0.15, 0.2) is 6.61 Å². The number of benzene rings is 2. The van der Waals surface area contributed by atoms with Crippen molar-refractivity contribution in [3.8, 4) is 5.75 Å². The highest BCUT2D eigenvalue weighted by Crippen LogP contribution is 2.26. The summed E-state index contributed by atoms with van der Waals surface area (Å²) in [5.41, 5.74) is 1.39. The van der Waals surface area contributed by atoms with Gasteiger partial charge in [0.1, 0.15) is 5.75 Å². The fraction of sp³-hybridized carbons (Fsp3) is 0.263. The molecular weight excluding hydrogens is 376 g/mol. The molecule has 0 heterocycles. The van der Waals surface area contributed by atoms with Crippen LogP contribution < -0.4 is 10.1 Å². The van der Waals surface area contributed by atoms with E-state index in [0.29, 0.717) is 28.1 Å². The molecule has 0 saturated carbocycles. The summed E-state index contributed by atoms with van der Waals surface area (Å²) in [6, 6.07) is 13.4. The van der Waals surface area contributed by atoms with Crippen LogP contribution in [0.5, 0.6) is 5.75 Å². The summed E-state index contributed by atoms with van der Waals surface area (Å²) in [5, 5.41) is 2.52. The first-order valence-corrected chi connectivity index (χ1v) is 9.01. The molecule has 0 spiro atoms. The monoisotopic (exact) mass is 395 g/mol. The minimum Gasteiger partial charge on any atom is -0.493 e. The molecule has 0 fully saturated rings. The second-order valence-electron chi connectivity index (χ2n) is 5.48. The SMILES string of the molecule is Cc1ccccc1OCCC(=O)OCC(=O)Nc1ccc(SC(F)F)cc1. The van der Waals surface area contributed by atoms with Crippen LogP contribution in [0.15, 0.2) is 53.4 Å². The Morgan fingerprint density at radius 1 is 1.11 bits per heavy atom. The fourth-order valence-corrected chi connectivity index (χ4v) is 2.60. The third kappa shape index (κ3) is 7.65. The summed E-state index contributed by atoms with van der Waals surface area (Å²) in [7, 11) is 0. The minimum absolute atomic E-state index is 0.0150. The molecule has 0 radical (unpaired) electrons. The van der Waals surface area contributed by atoms with Crippen LogP contribution in [-0.4, -0.2) is 30.8 Å². The van der Waals surface area contributed by atoms with Crippen molar-refractivity contribution in [2.75, 3.05) is 18.5 Å². The van der Waals surface area contributed by atoms with Gasteiger partial charge in [0.25, 0.3) is 11.7 Å². The number of halogens is 2. The molecule has 1 N–H and O–H groups in total. The van der Waals surface area contributed by atoms with Gasteiger partial charge >= 0.3 is 5.97 Å². The number of nitrogens with one attached hydrogen (secondary N) is 1. The average molecular weight is 395 g/mol. The first-order chi connectivity index (χ1) is 12.9. The minimum atomic E-state index is -2.50. The van der Waals surface area contributed by atoms with Gasteiger partial charge in [0.05, 0.1) is 13.0 Å². The van der Waals surface area contributed by atoms with Gasteiger partial charge in [0.2, 0.25) is 0 Å². The molecule has 5 nitrogen and oxygen atoms in total. The predicted molar refractivity (Wildman–Crippen MR) is 99.2 cm³/mol. The highest BCUT2D eigenvalue weighted by atomic mass is 32.2. The van der Waals surface area contributed by atoms with Crippen molar-refractivity contribution in [3.05, 3.63) is 54.1 Å². The molecule has 0 aliphatic rings. The normalized spacial score (nSPS) is 10.5. The van der Waals surface area contributed by atoms with Crippen molar-refractivity contribution in [1.29, 1.82) is 0 Å². The van der Waals surface area contributed by atoms with Crippen LogP contribution in [0.25, 0.3) is 0 Å². The van der Waals surface area contributed by atoms with Gasteiger partial charge in [-0.05, 0) is 42.8 Å². The zero-order valence-corrected chi connectivity index (χ0v) is 15.4. The van der Waals surface area contributed by atoms with E-state index in [0.717, 1.165) is 5.56 Å². The molecule has 0 aliphatic carbocycles. The molecule has 2 aromatic rings. The first-order valence-electron chi connectivity index (χ1n) is 8.13. The van der Waals surface area contributed by atoms with E-state index in [2.05, 4.69) is 5.32 Å². The Morgan fingerprint density at radius 2 is 1.81 bits per heavy atom. The number of ether oxygens (including phenoxy) is 2. The van der Waals surface area contributed by atoms with Crippen molar-refractivity contribution >= 4 is 29.3 Å². The van der Waals surface area contributed by atoms with Gasteiger partial charge in [0, 0.05) is 10.6 Å². The van der Waals surface area contributed by atoms with Crippen LogP contribution in [0.2, 0.25) is 0 Å². The molecule has 0 saturated heterocycles. The van der Waals surface area contributed by atoms with E-state index in [1.54, 1.807) is 6.07 Å². The van der Waals surface area contributed by atoms with Crippen molar-refractivity contribution in [3.63, 3.8) is 0 Å². The van der Waals surface area contributed by atoms with Gasteiger partial charge in [-0.2, -0.15) is 8.78 Å². The van der Waals surface area contributed by atoms with E-state index in [-0.39, 0.29) is 13.0 Å². The van der Waals surface area contributed by atoms with Crippen molar-refractivity contribution in [1.82, 2.24) is 0 Å². The highest BCUT2D eigenvalue weighted by molar-refractivity contribution is 7.99. The number of carbonyl (C=O) groups excluding carboxylic acids is 2. The van der Waals surface area contributed by atoms with E-state index < -0.39 is 24.2 Å². The van der Waals surface area contributed by atoms with E-state index >= 15 is 0 Å². The summed E-state index contributed by atoms with van der Waals surface area (Å²) in [6.07, 6.45) is 0.0150. The highest BCUT2D eigenvalue weighted by Gasteiger charge is 2.10. The molecule has 1 amide bonds. The lowest BCUT2D eigenvalue weighted by Crippen LogP contribution is -2.21. The summed E-state index contributed by atoms with van der Waals surface area (Å²) in [6.45, 7) is 1.61. The average Bonchev–Trinajstić information content (AvgIpc) is 2.63. The Morgan fingerprint density at radius 3 is 2.48 bits per heavy atom. The molecular formula is C19H19F2NO4S. The number of thioether (sulfide) groups is 1. The Bertz CT molecular complexity index is 769. The van der Waals surface area contributed by atoms with Crippen LogP contribution in [0.3, 0.4) is 0 Å². The number of para-hydroxylation sites is 1. The second-order valence-corrected chi connectivity index (χ2v) is 6.54. The third-order valence-electron chi connectivity index (χ3n) is 3.38. The van der Waals surface area contributed by atoms with E-state index in [9.17, 15) is 18.4 Å². The van der Waals surface area contributed by atoms with Crippen molar-refractivity contribution in [2.45, 2.75) is 24.0 Å². The maximum atomic E-state index is 12.2. The summed E-state index contributed by atoms with van der Waals surface area (Å²) < 4.78 is 34.9. The zero-order valence-electron chi connectivity index (χ0n) is 14.6. The Kier molecular flexibility index (Phi) is 8.06. The van der Waals surface area contributed by atoms with Crippen molar-refractivity contribution < 1.29 is 27.8 Å². The maximum Gasteiger partial charge on any atom is 0.309 e. The van der Waals surface area contributed by atoms with Crippen LogP contribution in [-0.2, 0) is 14.3 Å². The number of alkyl halides is 2. The second kappa shape index (κ2) is 10.5. The maximum absolute atomic E-state index is 12.2. The van der Waals surface area contributed by atoms with E-state index in [1.165, 1.54) is 24.3 Å². The number of carbonyl (C=O) groups is 2. The number of hydrogen-bond acceptors (Lipinski definition) is 5. The third-order valence-corrected chi connectivity index (χ3v) is 4.11. The van der Waals surface area contributed by atoms with Gasteiger partial charge in [-0.25, -0.2) is 0 Å². The van der Waals surface area contributed by atoms with Crippen LogP contribution >= 0.6 is 11.8 Å². The van der Waals surface area contributed by atoms with Gasteiger partial charge in [-0.1, -0.05) is 30.0 Å². The Hall–Kier alpha value is -2.61. The van der Waals surface area contributed by atoms with Crippen LogP contribution in [0, 0.1) is 6.92 Å². The molecule has 0 unspecified atom stereocenters. The lowest BCUT2D eigenvalue weighted by Gasteiger charge is -2.09. The molecule has 0 aromatic heterocycles. The van der Waals surface area contributed by atoms with Crippen molar-refractivity contribution in [2.24, 2.45) is 0 Å². The number of rotatable bonds is 9. The van der Waals surface area contributed by atoms with Gasteiger partial charge < -0.3 is 14.8 Å². The lowest BCUT2D eigenvalue weighted by molar-refractivity contribution is -0.147. The fourth-order valence-electron chi connectivity index (χ4n) is 2.10. The van der Waals surface area contributed by atoms with Gasteiger partial charge in [-0.15, -0.1) is 0 Å². The molecule has 0 bridgehead atoms. The molecule has 0 atom stereocenters. The molecule has 2 rings (SSSR count). The molecule has 144 valence electrons. The number of esters is 1. The lowest BCUT2D eigenvalue weighted by atomic mass is 10.2. The first kappa shape index (κ1) is 20.7. The zero-order chi connectivity index (χ0) is 19.6. The number of hydrogen-bond donors (Lipinski definition) is 1. The predicted octanol–water partition coefficient (Wildman–Crippen LogP) is 4.26. The van der Waals surface area contributed by atoms with E-state index in [4.69, 9.17) is 9.47 Å².